The Morgan fingerprint density at radius 2 is 2.11 bits per heavy atom. The molecule has 4 heteroatoms. The summed E-state index contributed by atoms with van der Waals surface area (Å²) in [4.78, 5) is 15.5. The van der Waals surface area contributed by atoms with Gasteiger partial charge in [0, 0.05) is 30.7 Å². The number of hydrogen-bond donors (Lipinski definition) is 1. The first-order chi connectivity index (χ1) is 13.5. The van der Waals surface area contributed by atoms with E-state index in [2.05, 4.69) is 49.7 Å². The highest BCUT2D eigenvalue weighted by Gasteiger charge is 2.33. The minimum Gasteiger partial charge on any atom is -0.497 e. The fourth-order valence-corrected chi connectivity index (χ4v) is 4.81. The summed E-state index contributed by atoms with van der Waals surface area (Å²) in [5, 5.41) is 3.15. The van der Waals surface area contributed by atoms with Crippen molar-refractivity contribution in [2.45, 2.75) is 58.5 Å². The molecule has 0 radical (unpaired) electrons. The molecule has 1 N–H and O–H groups in total. The molecule has 1 amide bonds. The Labute approximate surface area is 169 Å². The van der Waals surface area contributed by atoms with E-state index in [1.165, 1.54) is 16.7 Å². The van der Waals surface area contributed by atoms with Gasteiger partial charge in [-0.2, -0.15) is 0 Å². The van der Waals surface area contributed by atoms with Gasteiger partial charge in [0.25, 0.3) is 0 Å². The van der Waals surface area contributed by atoms with Crippen LogP contribution in [0.25, 0.3) is 5.57 Å². The summed E-state index contributed by atoms with van der Waals surface area (Å²) in [6, 6.07) is 7.00. The van der Waals surface area contributed by atoms with Gasteiger partial charge >= 0.3 is 0 Å². The second kappa shape index (κ2) is 8.95. The highest BCUT2D eigenvalue weighted by molar-refractivity contribution is 6.02. The van der Waals surface area contributed by atoms with Crippen LogP contribution < -0.4 is 10.1 Å². The van der Waals surface area contributed by atoms with Crippen LogP contribution in [0.2, 0.25) is 0 Å². The number of hydrogen-bond acceptors (Lipinski definition) is 3. The molecule has 0 bridgehead atoms. The summed E-state index contributed by atoms with van der Waals surface area (Å²) in [5.74, 6) is 1.45. The maximum Gasteiger partial charge on any atom is 0.247 e. The zero-order valence-electron chi connectivity index (χ0n) is 17.8. The molecule has 2 unspecified atom stereocenters. The molecule has 28 heavy (non-hydrogen) atoms. The van der Waals surface area contributed by atoms with Gasteiger partial charge in [-0.15, -0.1) is 6.58 Å². The van der Waals surface area contributed by atoms with Gasteiger partial charge in [0.1, 0.15) is 5.75 Å². The first-order valence-corrected chi connectivity index (χ1v) is 10.5. The van der Waals surface area contributed by atoms with Crippen molar-refractivity contribution in [2.75, 3.05) is 20.2 Å². The summed E-state index contributed by atoms with van der Waals surface area (Å²) in [5.41, 5.74) is 4.79. The maximum absolute atomic E-state index is 13.1. The molecule has 0 fully saturated rings. The predicted molar refractivity (Wildman–Crippen MR) is 115 cm³/mol. The lowest BCUT2D eigenvalue weighted by Crippen LogP contribution is -2.40. The lowest BCUT2D eigenvalue weighted by Gasteiger charge is -2.34. The first kappa shape index (κ1) is 20.7. The third kappa shape index (κ3) is 4.17. The van der Waals surface area contributed by atoms with Gasteiger partial charge in [-0.25, -0.2) is 0 Å². The lowest BCUT2D eigenvalue weighted by atomic mass is 9.75. The molecule has 1 heterocycles. The van der Waals surface area contributed by atoms with Gasteiger partial charge in [-0.1, -0.05) is 12.1 Å². The summed E-state index contributed by atoms with van der Waals surface area (Å²) < 4.78 is 5.43. The number of allylic oxidation sites excluding steroid dienone is 1. The molecule has 0 aromatic heterocycles. The van der Waals surface area contributed by atoms with Gasteiger partial charge in [0.15, 0.2) is 0 Å². The number of nitrogens with zero attached hydrogens (tertiary/aromatic N) is 1. The van der Waals surface area contributed by atoms with E-state index in [4.69, 9.17) is 4.74 Å². The molecule has 1 aromatic carbocycles. The van der Waals surface area contributed by atoms with Crippen LogP contribution in [0.4, 0.5) is 0 Å². The van der Waals surface area contributed by atoms with Gasteiger partial charge in [0.05, 0.1) is 7.11 Å². The monoisotopic (exact) mass is 382 g/mol. The number of amides is 1. The van der Waals surface area contributed by atoms with E-state index in [9.17, 15) is 4.79 Å². The van der Waals surface area contributed by atoms with E-state index in [1.54, 1.807) is 7.11 Å². The normalized spacial score (nSPS) is 20.4. The zero-order chi connectivity index (χ0) is 20.3. The third-order valence-electron chi connectivity index (χ3n) is 6.22. The molecule has 152 valence electrons. The molecule has 0 saturated heterocycles. The summed E-state index contributed by atoms with van der Waals surface area (Å²) in [6.07, 6.45) is 5.88. The van der Waals surface area contributed by atoms with E-state index >= 15 is 0 Å². The first-order valence-electron chi connectivity index (χ1n) is 10.5. The van der Waals surface area contributed by atoms with Crippen LogP contribution in [0.1, 0.15) is 51.2 Å². The number of carbonyl (C=O) groups excluding carboxylic acids is 1. The Morgan fingerprint density at radius 1 is 1.32 bits per heavy atom. The predicted octanol–water partition coefficient (Wildman–Crippen LogP) is 4.21. The molecule has 2 aliphatic rings. The van der Waals surface area contributed by atoms with Crippen LogP contribution in [0.5, 0.6) is 5.75 Å². The minimum atomic E-state index is 0.107. The van der Waals surface area contributed by atoms with Crippen LogP contribution in [0.15, 0.2) is 36.4 Å². The fraction of sp³-hybridized carbons (Fsp3) is 0.542. The van der Waals surface area contributed by atoms with E-state index in [1.807, 2.05) is 12.1 Å². The minimum absolute atomic E-state index is 0.107. The fourth-order valence-electron chi connectivity index (χ4n) is 4.81. The Kier molecular flexibility index (Phi) is 6.61. The molecule has 1 aliphatic heterocycles. The summed E-state index contributed by atoms with van der Waals surface area (Å²) >= 11 is 0. The summed E-state index contributed by atoms with van der Waals surface area (Å²) in [7, 11) is 1.71. The van der Waals surface area contributed by atoms with E-state index in [-0.39, 0.29) is 11.9 Å². The topological polar surface area (TPSA) is 41.6 Å². The second-order valence-corrected chi connectivity index (χ2v) is 8.33. The molecule has 4 nitrogen and oxygen atoms in total. The van der Waals surface area contributed by atoms with E-state index in [0.29, 0.717) is 12.0 Å². The van der Waals surface area contributed by atoms with Crippen LogP contribution in [-0.4, -0.2) is 43.1 Å². The number of rotatable bonds is 7. The number of aryl methyl sites for hydroxylation is 1. The average molecular weight is 383 g/mol. The standard InChI is InChI=1S/C24H34N2O2/c1-6-13-26(16(2)3)17(4)14-22-23-18(11-12-25-24(22)27)7-8-19-15-20(28-5)9-10-21(19)23/h6,9-10,15-18H,1,7-8,11-14H2,2-5H3,(H,25,27). The SMILES string of the molecule is C=CCN(C(C)C)C(C)CC1=C2c3ccc(OC)cc3CCC2CCNC1=O. The van der Waals surface area contributed by atoms with Crippen molar-refractivity contribution in [2.24, 2.45) is 5.92 Å². The number of nitrogens with one attached hydrogen (secondary N) is 1. The van der Waals surface area contributed by atoms with Gasteiger partial charge in [0.2, 0.25) is 5.91 Å². The molecule has 1 aromatic rings. The third-order valence-corrected chi connectivity index (χ3v) is 6.22. The Morgan fingerprint density at radius 3 is 2.79 bits per heavy atom. The van der Waals surface area contributed by atoms with Crippen molar-refractivity contribution in [3.05, 3.63) is 47.6 Å². The molecule has 0 saturated carbocycles. The van der Waals surface area contributed by atoms with E-state index < -0.39 is 0 Å². The number of carbonyl (C=O) groups is 1. The van der Waals surface area contributed by atoms with Crippen LogP contribution in [-0.2, 0) is 11.2 Å². The Hall–Kier alpha value is -2.07. The highest BCUT2D eigenvalue weighted by atomic mass is 16.5. The molecule has 3 rings (SSSR count). The van der Waals surface area contributed by atoms with Gasteiger partial charge in [-0.3, -0.25) is 9.69 Å². The largest absolute Gasteiger partial charge is 0.497 e. The summed E-state index contributed by atoms with van der Waals surface area (Å²) in [6.45, 7) is 12.1. The molecular formula is C24H34N2O2. The van der Waals surface area contributed by atoms with Crippen LogP contribution >= 0.6 is 0 Å². The molecule has 0 spiro atoms. The molecule has 2 atom stereocenters. The number of benzene rings is 1. The molecule has 1 aliphatic carbocycles. The van der Waals surface area contributed by atoms with Crippen molar-refractivity contribution in [1.29, 1.82) is 0 Å². The number of fused-ring (bicyclic) bond motifs is 3. The Bertz CT molecular complexity index is 766. The maximum atomic E-state index is 13.1. The van der Waals surface area contributed by atoms with Crippen molar-refractivity contribution in [3.63, 3.8) is 0 Å². The smallest absolute Gasteiger partial charge is 0.247 e. The van der Waals surface area contributed by atoms with Crippen molar-refractivity contribution in [3.8, 4) is 5.75 Å². The van der Waals surface area contributed by atoms with Gasteiger partial charge in [-0.05, 0) is 81.2 Å². The quantitative estimate of drug-likeness (QED) is 0.719. The average Bonchev–Trinajstić information content (AvgIpc) is 2.84. The number of ether oxygens (including phenoxy) is 1. The second-order valence-electron chi connectivity index (χ2n) is 8.33. The van der Waals surface area contributed by atoms with Gasteiger partial charge < -0.3 is 10.1 Å². The van der Waals surface area contributed by atoms with Crippen LogP contribution in [0.3, 0.4) is 0 Å². The zero-order valence-corrected chi connectivity index (χ0v) is 17.8. The van der Waals surface area contributed by atoms with E-state index in [0.717, 1.165) is 50.1 Å². The lowest BCUT2D eigenvalue weighted by molar-refractivity contribution is -0.117. The Balaban J connectivity index is 2.04. The van der Waals surface area contributed by atoms with Crippen LogP contribution in [0, 0.1) is 5.92 Å². The van der Waals surface area contributed by atoms with Crippen molar-refractivity contribution < 1.29 is 9.53 Å². The highest BCUT2D eigenvalue weighted by Crippen LogP contribution is 2.42. The van der Waals surface area contributed by atoms with Crippen molar-refractivity contribution >= 4 is 11.5 Å². The molecular weight excluding hydrogens is 348 g/mol. The number of methoxy groups -OCH3 is 1. The van der Waals surface area contributed by atoms with Crippen molar-refractivity contribution in [1.82, 2.24) is 10.2 Å².